The van der Waals surface area contributed by atoms with Crippen LogP contribution < -0.4 is 0 Å². The first-order valence-corrected chi connectivity index (χ1v) is 6.38. The van der Waals surface area contributed by atoms with Crippen molar-refractivity contribution in [1.82, 2.24) is 9.97 Å². The number of thiocarbonyl (C=S) groups is 1. The molecule has 0 aliphatic carbocycles. The summed E-state index contributed by atoms with van der Waals surface area (Å²) in [6.07, 6.45) is 1.79. The van der Waals surface area contributed by atoms with Crippen molar-refractivity contribution in [2.45, 2.75) is 12.7 Å². The summed E-state index contributed by atoms with van der Waals surface area (Å²) in [7, 11) is 0. The molecule has 0 aliphatic heterocycles. The molecule has 0 fully saturated rings. The highest BCUT2D eigenvalue weighted by molar-refractivity contribution is 8.23. The predicted octanol–water partition coefficient (Wildman–Crippen LogP) is 3.33. The fraction of sp³-hybridized carbons (Fsp3) is 0.167. The van der Waals surface area contributed by atoms with Gasteiger partial charge >= 0.3 is 0 Å². The number of aromatic nitrogens is 2. The van der Waals surface area contributed by atoms with Gasteiger partial charge < -0.3 is 4.98 Å². The molecule has 0 aliphatic rings. The number of hydrogen-bond acceptors (Lipinski definition) is 3. The standard InChI is InChI=1S/C12H12N2S2/c1-9-13-7-11(14-9)12(15)16-8-10-5-3-2-4-6-10/h2-7H,8H2,1H3,(H,13,14). The minimum Gasteiger partial charge on any atom is -0.341 e. The summed E-state index contributed by atoms with van der Waals surface area (Å²) >= 11 is 6.98. The second kappa shape index (κ2) is 5.27. The van der Waals surface area contributed by atoms with Crippen molar-refractivity contribution in [2.24, 2.45) is 0 Å². The Bertz CT molecular complexity index is 477. The lowest BCUT2D eigenvalue weighted by Crippen LogP contribution is -1.93. The van der Waals surface area contributed by atoms with Crippen molar-refractivity contribution in [2.75, 3.05) is 0 Å². The maximum Gasteiger partial charge on any atom is 0.103 e. The summed E-state index contributed by atoms with van der Waals surface area (Å²) in [4.78, 5) is 7.28. The largest absolute Gasteiger partial charge is 0.341 e. The fourth-order valence-corrected chi connectivity index (χ4v) is 2.36. The Balaban J connectivity index is 1.94. The summed E-state index contributed by atoms with van der Waals surface area (Å²) in [5, 5.41) is 0. The number of nitrogens with one attached hydrogen (secondary N) is 1. The molecule has 0 saturated heterocycles. The summed E-state index contributed by atoms with van der Waals surface area (Å²) < 4.78 is 0.865. The number of thioether (sulfide) groups is 1. The number of nitrogens with zero attached hydrogens (tertiary/aromatic N) is 1. The number of hydrogen-bond donors (Lipinski definition) is 1. The van der Waals surface area contributed by atoms with Gasteiger partial charge in [0.1, 0.15) is 5.82 Å². The SMILES string of the molecule is Cc1ncc(C(=S)SCc2ccccc2)[nH]1. The zero-order chi connectivity index (χ0) is 11.4. The van der Waals surface area contributed by atoms with Gasteiger partial charge in [0.25, 0.3) is 0 Å². The van der Waals surface area contributed by atoms with Gasteiger partial charge in [-0.15, -0.1) is 11.8 Å². The van der Waals surface area contributed by atoms with E-state index >= 15 is 0 Å². The van der Waals surface area contributed by atoms with Crippen LogP contribution in [0.15, 0.2) is 36.5 Å². The van der Waals surface area contributed by atoms with Gasteiger partial charge in [0, 0.05) is 5.75 Å². The molecule has 16 heavy (non-hydrogen) atoms. The van der Waals surface area contributed by atoms with Crippen LogP contribution in [0.2, 0.25) is 0 Å². The number of aryl methyl sites for hydroxylation is 1. The van der Waals surface area contributed by atoms with Crippen LogP contribution in [0.25, 0.3) is 0 Å². The van der Waals surface area contributed by atoms with Gasteiger partial charge in [-0.1, -0.05) is 42.5 Å². The van der Waals surface area contributed by atoms with E-state index in [1.54, 1.807) is 18.0 Å². The smallest absolute Gasteiger partial charge is 0.103 e. The second-order valence-electron chi connectivity index (χ2n) is 3.44. The highest BCUT2D eigenvalue weighted by Crippen LogP contribution is 2.17. The third kappa shape index (κ3) is 2.93. The van der Waals surface area contributed by atoms with E-state index in [0.717, 1.165) is 21.5 Å². The molecule has 1 heterocycles. The normalized spacial score (nSPS) is 10.3. The fourth-order valence-electron chi connectivity index (χ4n) is 1.33. The molecule has 2 nitrogen and oxygen atoms in total. The van der Waals surface area contributed by atoms with Crippen LogP contribution in [-0.4, -0.2) is 14.2 Å². The quantitative estimate of drug-likeness (QED) is 0.845. The van der Waals surface area contributed by atoms with Crippen LogP contribution in [0.1, 0.15) is 17.1 Å². The first kappa shape index (κ1) is 11.4. The van der Waals surface area contributed by atoms with Crippen molar-refractivity contribution in [3.63, 3.8) is 0 Å². The Morgan fingerprint density at radius 3 is 2.75 bits per heavy atom. The van der Waals surface area contributed by atoms with Gasteiger partial charge in [-0.3, -0.25) is 0 Å². The van der Waals surface area contributed by atoms with E-state index in [1.165, 1.54) is 5.56 Å². The van der Waals surface area contributed by atoms with E-state index in [9.17, 15) is 0 Å². The van der Waals surface area contributed by atoms with E-state index in [1.807, 2.05) is 25.1 Å². The topological polar surface area (TPSA) is 28.7 Å². The van der Waals surface area contributed by atoms with Crippen LogP contribution in [0.4, 0.5) is 0 Å². The minimum absolute atomic E-state index is 0.865. The molecule has 2 rings (SSSR count). The lowest BCUT2D eigenvalue weighted by molar-refractivity contribution is 1.15. The maximum atomic E-state index is 5.32. The van der Waals surface area contributed by atoms with Gasteiger partial charge in [-0.05, 0) is 12.5 Å². The maximum absolute atomic E-state index is 5.32. The Morgan fingerprint density at radius 1 is 1.38 bits per heavy atom. The van der Waals surface area contributed by atoms with Gasteiger partial charge in [0.15, 0.2) is 0 Å². The highest BCUT2D eigenvalue weighted by Gasteiger charge is 2.04. The van der Waals surface area contributed by atoms with Crippen LogP contribution in [-0.2, 0) is 5.75 Å². The Hall–Kier alpha value is -1.13. The first-order chi connectivity index (χ1) is 7.75. The molecule has 0 radical (unpaired) electrons. The van der Waals surface area contributed by atoms with Crippen LogP contribution in [0.3, 0.4) is 0 Å². The molecule has 0 atom stereocenters. The van der Waals surface area contributed by atoms with Crippen molar-refractivity contribution in [3.05, 3.63) is 53.6 Å². The zero-order valence-electron chi connectivity index (χ0n) is 8.93. The zero-order valence-corrected chi connectivity index (χ0v) is 10.6. The average Bonchev–Trinajstić information content (AvgIpc) is 2.74. The van der Waals surface area contributed by atoms with Crippen molar-refractivity contribution >= 4 is 28.2 Å². The summed E-state index contributed by atoms with van der Waals surface area (Å²) in [6.45, 7) is 1.92. The molecule has 1 N–H and O–H groups in total. The Labute approximate surface area is 104 Å². The molecular formula is C12H12N2S2. The van der Waals surface area contributed by atoms with E-state index < -0.39 is 0 Å². The van der Waals surface area contributed by atoms with Gasteiger partial charge in [0.2, 0.25) is 0 Å². The first-order valence-electron chi connectivity index (χ1n) is 4.98. The number of H-pyrrole nitrogens is 1. The molecule has 0 spiro atoms. The summed E-state index contributed by atoms with van der Waals surface area (Å²) in [5.74, 6) is 1.80. The Kier molecular flexibility index (Phi) is 3.74. The van der Waals surface area contributed by atoms with Crippen LogP contribution in [0.5, 0.6) is 0 Å². The molecule has 1 aromatic carbocycles. The van der Waals surface area contributed by atoms with Crippen molar-refractivity contribution in [3.8, 4) is 0 Å². The number of rotatable bonds is 3. The van der Waals surface area contributed by atoms with E-state index in [0.29, 0.717) is 0 Å². The Morgan fingerprint density at radius 2 is 2.12 bits per heavy atom. The molecule has 0 amide bonds. The molecule has 4 heteroatoms. The second-order valence-corrected chi connectivity index (χ2v) is 5.10. The summed E-state index contributed by atoms with van der Waals surface area (Å²) in [5.41, 5.74) is 2.22. The monoisotopic (exact) mass is 248 g/mol. The molecule has 2 aromatic rings. The average molecular weight is 248 g/mol. The lowest BCUT2D eigenvalue weighted by atomic mass is 10.2. The van der Waals surface area contributed by atoms with Gasteiger partial charge in [-0.25, -0.2) is 4.98 Å². The van der Waals surface area contributed by atoms with Crippen molar-refractivity contribution in [1.29, 1.82) is 0 Å². The van der Waals surface area contributed by atoms with Crippen LogP contribution in [0, 0.1) is 6.92 Å². The number of imidazole rings is 1. The highest BCUT2D eigenvalue weighted by atomic mass is 32.2. The molecule has 82 valence electrons. The molecule has 0 bridgehead atoms. The van der Waals surface area contributed by atoms with Gasteiger partial charge in [0.05, 0.1) is 16.1 Å². The molecule has 1 aromatic heterocycles. The van der Waals surface area contributed by atoms with Crippen molar-refractivity contribution < 1.29 is 0 Å². The summed E-state index contributed by atoms with van der Waals surface area (Å²) in [6, 6.07) is 10.3. The third-order valence-electron chi connectivity index (χ3n) is 2.14. The van der Waals surface area contributed by atoms with E-state index in [2.05, 4.69) is 22.1 Å². The third-order valence-corrected chi connectivity index (χ3v) is 3.67. The number of benzene rings is 1. The van der Waals surface area contributed by atoms with E-state index in [-0.39, 0.29) is 0 Å². The molecule has 0 saturated carbocycles. The van der Waals surface area contributed by atoms with E-state index in [4.69, 9.17) is 12.2 Å². The lowest BCUT2D eigenvalue weighted by Gasteiger charge is -2.01. The molecule has 0 unspecified atom stereocenters. The predicted molar refractivity (Wildman–Crippen MR) is 72.8 cm³/mol. The van der Waals surface area contributed by atoms with Crippen LogP contribution >= 0.6 is 24.0 Å². The van der Waals surface area contributed by atoms with Gasteiger partial charge in [-0.2, -0.15) is 0 Å². The number of aromatic amines is 1. The molecular weight excluding hydrogens is 236 g/mol. The minimum atomic E-state index is 0.865.